The monoisotopic (exact) mass is 151 g/mol. The lowest BCUT2D eigenvalue weighted by molar-refractivity contribution is 0.249. The molecule has 2 heteroatoms. The van der Waals surface area contributed by atoms with Crippen molar-refractivity contribution < 1.29 is 5.11 Å². The summed E-state index contributed by atoms with van der Waals surface area (Å²) in [5.41, 5.74) is 0. The van der Waals surface area contributed by atoms with E-state index in [0.29, 0.717) is 13.1 Å². The van der Waals surface area contributed by atoms with Gasteiger partial charge in [0.25, 0.3) is 0 Å². The second-order valence-corrected chi connectivity index (χ2v) is 2.20. The maximum Gasteiger partial charge on any atom is 0.0607 e. The molecule has 0 heterocycles. The molecule has 0 radical (unpaired) electrons. The van der Waals surface area contributed by atoms with Crippen LogP contribution in [0.3, 0.4) is 0 Å². The molecular formula is C9H13NO. The van der Waals surface area contributed by atoms with Gasteiger partial charge in [-0.25, -0.2) is 0 Å². The Morgan fingerprint density at radius 1 is 1.18 bits per heavy atom. The van der Waals surface area contributed by atoms with Crippen LogP contribution in [0.25, 0.3) is 0 Å². The van der Waals surface area contributed by atoms with Crippen molar-refractivity contribution in [3.05, 3.63) is 0 Å². The fourth-order valence-corrected chi connectivity index (χ4v) is 0.767. The predicted octanol–water partition coefficient (Wildman–Crippen LogP) is -0.0628. The average Bonchev–Trinajstić information content (AvgIpc) is 2.01. The van der Waals surface area contributed by atoms with E-state index in [1.807, 2.05) is 4.90 Å². The van der Waals surface area contributed by atoms with Gasteiger partial charge in [-0.2, -0.15) is 0 Å². The summed E-state index contributed by atoms with van der Waals surface area (Å²) < 4.78 is 0. The summed E-state index contributed by atoms with van der Waals surface area (Å²) >= 11 is 0. The van der Waals surface area contributed by atoms with E-state index in [9.17, 15) is 0 Å². The van der Waals surface area contributed by atoms with Gasteiger partial charge in [-0.15, -0.1) is 12.8 Å². The van der Waals surface area contributed by atoms with Crippen molar-refractivity contribution in [1.82, 2.24) is 4.90 Å². The molecule has 0 amide bonds. The Balaban J connectivity index is 3.54. The van der Waals surface area contributed by atoms with E-state index in [0.717, 1.165) is 13.0 Å². The van der Waals surface area contributed by atoms with Gasteiger partial charge in [-0.1, -0.05) is 11.8 Å². The van der Waals surface area contributed by atoms with Gasteiger partial charge in [0.05, 0.1) is 13.1 Å². The number of rotatable bonds is 5. The molecule has 0 aromatic rings. The van der Waals surface area contributed by atoms with Gasteiger partial charge in [0.2, 0.25) is 0 Å². The van der Waals surface area contributed by atoms with Crippen molar-refractivity contribution in [3.63, 3.8) is 0 Å². The van der Waals surface area contributed by atoms with Crippen molar-refractivity contribution in [3.8, 4) is 24.7 Å². The van der Waals surface area contributed by atoms with Crippen LogP contribution in [0, 0.1) is 24.7 Å². The summed E-state index contributed by atoms with van der Waals surface area (Å²) in [5.74, 6) is 5.02. The molecule has 0 spiro atoms. The maximum absolute atomic E-state index is 8.52. The van der Waals surface area contributed by atoms with E-state index in [-0.39, 0.29) is 6.61 Å². The number of nitrogens with zero attached hydrogens (tertiary/aromatic N) is 1. The number of terminal acetylenes is 2. The first-order valence-corrected chi connectivity index (χ1v) is 3.55. The molecule has 60 valence electrons. The van der Waals surface area contributed by atoms with E-state index in [1.165, 1.54) is 0 Å². The first-order valence-electron chi connectivity index (χ1n) is 3.55. The molecule has 0 aliphatic heterocycles. The molecule has 2 nitrogen and oxygen atoms in total. The Kier molecular flexibility index (Phi) is 6.53. The largest absolute Gasteiger partial charge is 0.396 e. The second kappa shape index (κ2) is 7.15. The Bertz CT molecular complexity index is 147. The first-order chi connectivity index (χ1) is 5.35. The van der Waals surface area contributed by atoms with Crippen LogP contribution >= 0.6 is 0 Å². The zero-order valence-corrected chi connectivity index (χ0v) is 6.58. The number of aliphatic hydroxyl groups excluding tert-OH is 1. The van der Waals surface area contributed by atoms with Crippen molar-refractivity contribution in [2.45, 2.75) is 6.42 Å². The van der Waals surface area contributed by atoms with Crippen LogP contribution in [-0.4, -0.2) is 36.2 Å². The van der Waals surface area contributed by atoms with Crippen LogP contribution in [0.4, 0.5) is 0 Å². The van der Waals surface area contributed by atoms with E-state index >= 15 is 0 Å². The van der Waals surface area contributed by atoms with Crippen LogP contribution in [-0.2, 0) is 0 Å². The van der Waals surface area contributed by atoms with E-state index < -0.39 is 0 Å². The Morgan fingerprint density at radius 2 is 1.73 bits per heavy atom. The van der Waals surface area contributed by atoms with E-state index in [2.05, 4.69) is 11.8 Å². The van der Waals surface area contributed by atoms with Gasteiger partial charge in [0.15, 0.2) is 0 Å². The third kappa shape index (κ3) is 5.48. The van der Waals surface area contributed by atoms with Crippen LogP contribution in [0.5, 0.6) is 0 Å². The molecule has 0 aromatic carbocycles. The highest BCUT2D eigenvalue weighted by Gasteiger charge is 1.98. The number of aliphatic hydroxyl groups is 1. The first kappa shape index (κ1) is 10.0. The molecule has 11 heavy (non-hydrogen) atoms. The minimum atomic E-state index is 0.186. The van der Waals surface area contributed by atoms with Crippen LogP contribution in [0.1, 0.15) is 6.42 Å². The summed E-state index contributed by atoms with van der Waals surface area (Å²) in [6, 6.07) is 0. The SMILES string of the molecule is C#CCN(CC#C)CCCO. The van der Waals surface area contributed by atoms with E-state index in [4.69, 9.17) is 18.0 Å². The number of hydrogen-bond acceptors (Lipinski definition) is 2. The molecule has 0 unspecified atom stereocenters. The lowest BCUT2D eigenvalue weighted by Gasteiger charge is -2.14. The Labute approximate surface area is 68.2 Å². The van der Waals surface area contributed by atoms with E-state index in [1.54, 1.807) is 0 Å². The Hall–Kier alpha value is -0.960. The zero-order chi connectivity index (χ0) is 8.53. The molecule has 1 N–H and O–H groups in total. The lowest BCUT2D eigenvalue weighted by atomic mass is 10.4. The van der Waals surface area contributed by atoms with Gasteiger partial charge >= 0.3 is 0 Å². The third-order valence-electron chi connectivity index (χ3n) is 1.26. The maximum atomic E-state index is 8.52. The van der Waals surface area contributed by atoms with Crippen molar-refractivity contribution in [2.75, 3.05) is 26.2 Å². The highest BCUT2D eigenvalue weighted by atomic mass is 16.3. The molecule has 0 aliphatic rings. The Morgan fingerprint density at radius 3 is 2.09 bits per heavy atom. The molecule has 0 atom stereocenters. The molecule has 0 rings (SSSR count). The van der Waals surface area contributed by atoms with Gasteiger partial charge < -0.3 is 5.11 Å². The minimum absolute atomic E-state index is 0.186. The minimum Gasteiger partial charge on any atom is -0.396 e. The highest BCUT2D eigenvalue weighted by Crippen LogP contribution is 1.88. The van der Waals surface area contributed by atoms with Gasteiger partial charge in [-0.3, -0.25) is 4.90 Å². The topological polar surface area (TPSA) is 23.5 Å². The highest BCUT2D eigenvalue weighted by molar-refractivity contribution is 4.94. The van der Waals surface area contributed by atoms with Crippen molar-refractivity contribution in [2.24, 2.45) is 0 Å². The molecule has 0 saturated carbocycles. The summed E-state index contributed by atoms with van der Waals surface area (Å²) in [6.45, 7) is 2.07. The van der Waals surface area contributed by atoms with Gasteiger partial charge in [0.1, 0.15) is 0 Å². The molecule has 0 aliphatic carbocycles. The average molecular weight is 151 g/mol. The fourth-order valence-electron chi connectivity index (χ4n) is 0.767. The smallest absolute Gasteiger partial charge is 0.0607 e. The summed E-state index contributed by atoms with van der Waals surface area (Å²) in [7, 11) is 0. The van der Waals surface area contributed by atoms with Crippen LogP contribution in [0.2, 0.25) is 0 Å². The summed E-state index contributed by atoms with van der Waals surface area (Å²) in [4.78, 5) is 1.94. The van der Waals surface area contributed by atoms with Crippen LogP contribution < -0.4 is 0 Å². The zero-order valence-electron chi connectivity index (χ0n) is 6.58. The van der Waals surface area contributed by atoms with Crippen molar-refractivity contribution >= 4 is 0 Å². The molecule has 0 saturated heterocycles. The second-order valence-electron chi connectivity index (χ2n) is 2.20. The van der Waals surface area contributed by atoms with Gasteiger partial charge in [-0.05, 0) is 6.42 Å². The number of hydrogen-bond donors (Lipinski definition) is 1. The lowest BCUT2D eigenvalue weighted by Crippen LogP contribution is -2.26. The van der Waals surface area contributed by atoms with Crippen LogP contribution in [0.15, 0.2) is 0 Å². The molecule has 0 aromatic heterocycles. The van der Waals surface area contributed by atoms with Gasteiger partial charge in [0, 0.05) is 13.2 Å². The third-order valence-corrected chi connectivity index (χ3v) is 1.26. The fraction of sp³-hybridized carbons (Fsp3) is 0.556. The normalized spacial score (nSPS) is 9.09. The summed E-state index contributed by atoms with van der Waals surface area (Å²) in [6.07, 6.45) is 10.9. The molecule has 0 fully saturated rings. The standard InChI is InChI=1S/C9H13NO/c1-3-6-10(7-4-2)8-5-9-11/h1-2,11H,5-9H2. The predicted molar refractivity (Wildman–Crippen MR) is 45.8 cm³/mol. The summed E-state index contributed by atoms with van der Waals surface area (Å²) in [5, 5.41) is 8.52. The van der Waals surface area contributed by atoms with Crippen molar-refractivity contribution in [1.29, 1.82) is 0 Å². The molecule has 0 bridgehead atoms. The quantitative estimate of drug-likeness (QED) is 0.556. The molecular weight excluding hydrogens is 138 g/mol.